The number of ether oxygens (including phenoxy) is 2. The number of fused-ring (bicyclic) bond motifs is 2. The fourth-order valence-corrected chi connectivity index (χ4v) is 6.47. The Bertz CT molecular complexity index is 1780. The molecule has 0 radical (unpaired) electrons. The highest BCUT2D eigenvalue weighted by molar-refractivity contribution is 8.03. The molecule has 49 heavy (non-hydrogen) atoms. The van der Waals surface area contributed by atoms with Crippen molar-refractivity contribution in [3.63, 3.8) is 0 Å². The summed E-state index contributed by atoms with van der Waals surface area (Å²) in [6.07, 6.45) is 7.12. The van der Waals surface area contributed by atoms with Crippen molar-refractivity contribution in [1.29, 1.82) is 0 Å². The van der Waals surface area contributed by atoms with Crippen LogP contribution in [0.5, 0.6) is 11.5 Å². The standard InChI is InChI=1S/C27H31N4O8S2.CHF3O3S/c1-3-28-22-18-20(36-14-6-16-38-30(32)33)10-12-24(22)40-26(28)8-5-9-27-29(4-2)23-19-21(11-13-25(23)41-27)37-15-7-17-39-31(34)35;2-1(3,4)8(5,6)7/h5,8-13,18-19H,3-4,6-7,14-17H2,1-2H3;(H,5,6,7)/q+1;/p-1. The van der Waals surface area contributed by atoms with Gasteiger partial charge in [0.15, 0.2) is 10.1 Å². The van der Waals surface area contributed by atoms with Gasteiger partial charge in [-0.15, -0.1) is 20.2 Å². The first-order chi connectivity index (χ1) is 23.1. The molecule has 0 N–H and O–H groups in total. The number of benzene rings is 2. The minimum Gasteiger partial charge on any atom is -0.741 e. The minimum atomic E-state index is -6.09. The van der Waals surface area contributed by atoms with E-state index in [4.69, 9.17) is 22.4 Å². The van der Waals surface area contributed by atoms with Crippen molar-refractivity contribution in [2.75, 3.05) is 37.9 Å². The molecule has 21 heteroatoms. The second kappa shape index (κ2) is 17.9. The zero-order valence-electron chi connectivity index (χ0n) is 26.0. The van der Waals surface area contributed by atoms with Crippen molar-refractivity contribution >= 4 is 55.2 Å². The molecule has 0 bridgehead atoms. The van der Waals surface area contributed by atoms with Gasteiger partial charge in [0, 0.05) is 36.4 Å². The minimum absolute atomic E-state index is 0.00447. The summed E-state index contributed by atoms with van der Waals surface area (Å²) in [5, 5.41) is 21.2. The van der Waals surface area contributed by atoms with Crippen LogP contribution >= 0.6 is 23.1 Å². The Balaban J connectivity index is 0.000000723. The van der Waals surface area contributed by atoms with Gasteiger partial charge in [0.2, 0.25) is 5.52 Å². The fourth-order valence-electron chi connectivity index (χ4n) is 4.23. The Hall–Kier alpha value is -4.34. The predicted molar refractivity (Wildman–Crippen MR) is 172 cm³/mol. The second-order valence-electron chi connectivity index (χ2n) is 9.57. The molecule has 1 aromatic heterocycles. The van der Waals surface area contributed by atoms with Crippen LogP contribution in [0, 0.1) is 20.2 Å². The van der Waals surface area contributed by atoms with Crippen LogP contribution in [0.3, 0.4) is 0 Å². The van der Waals surface area contributed by atoms with E-state index < -0.39 is 25.8 Å². The fraction of sp³-hybridized carbons (Fsp3) is 0.393. The van der Waals surface area contributed by atoms with E-state index in [1.54, 1.807) is 23.1 Å². The van der Waals surface area contributed by atoms with Crippen LogP contribution in [0.15, 0.2) is 58.5 Å². The quantitative estimate of drug-likeness (QED) is 0.0433. The first-order valence-electron chi connectivity index (χ1n) is 14.4. The Labute approximate surface area is 286 Å². The van der Waals surface area contributed by atoms with Gasteiger partial charge in [-0.25, -0.2) is 8.42 Å². The molecule has 0 saturated heterocycles. The van der Waals surface area contributed by atoms with E-state index in [9.17, 15) is 33.4 Å². The lowest BCUT2D eigenvalue weighted by Gasteiger charge is -2.18. The highest BCUT2D eigenvalue weighted by Gasteiger charge is 2.37. The number of thiazole rings is 1. The van der Waals surface area contributed by atoms with Crippen LogP contribution in [0.25, 0.3) is 16.3 Å². The topological polar surface area (TPSA) is 188 Å². The molecule has 4 rings (SSSR count). The maximum Gasteiger partial charge on any atom is 0.485 e. The van der Waals surface area contributed by atoms with Crippen LogP contribution in [0.4, 0.5) is 18.9 Å². The number of rotatable bonds is 16. The summed E-state index contributed by atoms with van der Waals surface area (Å²) in [4.78, 5) is 32.5. The van der Waals surface area contributed by atoms with Crippen molar-refractivity contribution in [3.05, 3.63) is 78.8 Å². The van der Waals surface area contributed by atoms with E-state index >= 15 is 0 Å². The van der Waals surface area contributed by atoms with E-state index in [2.05, 4.69) is 51.2 Å². The number of alkyl halides is 3. The molecule has 1 aliphatic heterocycles. The first kappa shape index (κ1) is 39.1. The second-order valence-corrected chi connectivity index (χ2v) is 13.1. The lowest BCUT2D eigenvalue weighted by Crippen LogP contribution is -2.33. The monoisotopic (exact) mass is 752 g/mol. The number of thioether (sulfide) groups is 1. The van der Waals surface area contributed by atoms with Gasteiger partial charge in [-0.05, 0) is 44.2 Å². The van der Waals surface area contributed by atoms with E-state index in [1.807, 2.05) is 36.4 Å². The van der Waals surface area contributed by atoms with Gasteiger partial charge in [-0.3, -0.25) is 0 Å². The number of anilines is 1. The normalized spacial score (nSPS) is 13.7. The third-order valence-corrected chi connectivity index (χ3v) is 9.13. The Morgan fingerprint density at radius 2 is 1.51 bits per heavy atom. The van der Waals surface area contributed by atoms with Crippen molar-refractivity contribution < 1.29 is 60.0 Å². The maximum absolute atomic E-state index is 10.7. The summed E-state index contributed by atoms with van der Waals surface area (Å²) in [7, 11) is -6.09. The van der Waals surface area contributed by atoms with Gasteiger partial charge in [0.25, 0.3) is 15.2 Å². The van der Waals surface area contributed by atoms with Gasteiger partial charge >= 0.3 is 5.51 Å². The average Bonchev–Trinajstić information content (AvgIpc) is 3.55. The molecule has 0 atom stereocenters. The SMILES string of the molecule is CCN1/C(=C/C=C/c2sc3ccc(OCCCO[N+](=O)[O-])cc3[n+]2CC)Sc2ccc(OCCCO[N+](=O)[O-])cc21.O=S(=O)([O-])C(F)(F)F. The van der Waals surface area contributed by atoms with Crippen molar-refractivity contribution in [1.82, 2.24) is 0 Å². The lowest BCUT2D eigenvalue weighted by molar-refractivity contribution is -0.757. The summed E-state index contributed by atoms with van der Waals surface area (Å²) in [5.74, 6) is 1.42. The van der Waals surface area contributed by atoms with Gasteiger partial charge in [-0.1, -0.05) is 29.2 Å². The van der Waals surface area contributed by atoms with E-state index in [1.165, 1.54) is 0 Å². The molecule has 0 saturated carbocycles. The van der Waals surface area contributed by atoms with Crippen LogP contribution in [-0.4, -0.2) is 61.6 Å². The predicted octanol–water partition coefficient (Wildman–Crippen LogP) is 5.70. The number of aryl methyl sites for hydroxylation is 1. The summed E-state index contributed by atoms with van der Waals surface area (Å²) in [5.41, 5.74) is -3.51. The number of hydrogen-bond donors (Lipinski definition) is 0. The molecule has 0 amide bonds. The van der Waals surface area contributed by atoms with Crippen LogP contribution in [0.2, 0.25) is 0 Å². The number of nitrogens with zero attached hydrogens (tertiary/aromatic N) is 4. The van der Waals surface area contributed by atoms with Gasteiger partial charge in [0.05, 0.1) is 43.2 Å². The average molecular weight is 753 g/mol. The lowest BCUT2D eigenvalue weighted by atomic mass is 10.2. The molecule has 0 aliphatic carbocycles. The molecule has 0 fully saturated rings. The first-order valence-corrected chi connectivity index (χ1v) is 17.4. The summed E-state index contributed by atoms with van der Waals surface area (Å²) in [6.45, 7) is 6.45. The molecule has 3 aromatic rings. The third-order valence-electron chi connectivity index (χ3n) is 6.31. The molecular weight excluding hydrogens is 722 g/mol. The number of allylic oxidation sites excluding steroid dienone is 2. The molecule has 2 heterocycles. The largest absolute Gasteiger partial charge is 0.741 e. The van der Waals surface area contributed by atoms with Crippen LogP contribution in [-0.2, 0) is 26.3 Å². The summed E-state index contributed by atoms with van der Waals surface area (Å²) in [6, 6.07) is 11.9. The molecule has 2 aromatic carbocycles. The molecule has 0 spiro atoms. The van der Waals surface area contributed by atoms with E-state index in [-0.39, 0.29) is 13.2 Å². The van der Waals surface area contributed by atoms with Gasteiger partial charge in [0.1, 0.15) is 22.7 Å². The number of aromatic nitrogens is 1. The van der Waals surface area contributed by atoms with E-state index in [0.29, 0.717) is 37.6 Å². The zero-order valence-corrected chi connectivity index (χ0v) is 28.4. The summed E-state index contributed by atoms with van der Waals surface area (Å²) < 4.78 is 73.8. The van der Waals surface area contributed by atoms with Crippen molar-refractivity contribution in [2.24, 2.45) is 0 Å². The smallest absolute Gasteiger partial charge is 0.485 e. The third kappa shape index (κ3) is 11.6. The molecule has 268 valence electrons. The number of hydrogen-bond acceptors (Lipinski definition) is 14. The van der Waals surface area contributed by atoms with Gasteiger partial charge < -0.3 is 28.6 Å². The number of halogens is 3. The Morgan fingerprint density at radius 1 is 0.939 bits per heavy atom. The van der Waals surface area contributed by atoms with Crippen molar-refractivity contribution in [3.8, 4) is 11.5 Å². The molecule has 15 nitrogen and oxygen atoms in total. The highest BCUT2D eigenvalue weighted by atomic mass is 32.2. The maximum atomic E-state index is 10.7. The van der Waals surface area contributed by atoms with Crippen LogP contribution in [0.1, 0.15) is 31.7 Å². The Morgan fingerprint density at radius 3 is 2.04 bits per heavy atom. The highest BCUT2D eigenvalue weighted by Crippen LogP contribution is 2.47. The van der Waals surface area contributed by atoms with E-state index in [0.717, 1.165) is 43.9 Å². The molecular formula is C28H31F3N4O11S3. The summed E-state index contributed by atoms with van der Waals surface area (Å²) >= 11 is 3.39. The zero-order chi connectivity index (χ0) is 36.2. The van der Waals surface area contributed by atoms with Crippen molar-refractivity contribution in [2.45, 2.75) is 43.6 Å². The Kier molecular flexibility index (Phi) is 14.3. The molecule has 1 aliphatic rings. The molecule has 0 unspecified atom stereocenters. The van der Waals surface area contributed by atoms with Crippen LogP contribution < -0.4 is 18.9 Å². The van der Waals surface area contributed by atoms with Gasteiger partial charge in [-0.2, -0.15) is 17.7 Å².